The normalized spacial score (nSPS) is 16.4. The Morgan fingerprint density at radius 3 is 2.67 bits per heavy atom. The second-order valence-corrected chi connectivity index (χ2v) is 8.43. The molecule has 2 heterocycles. The van der Waals surface area contributed by atoms with E-state index >= 15 is 0 Å². The first-order valence-electron chi connectivity index (χ1n) is 10.2. The molecule has 1 fully saturated rings. The highest BCUT2D eigenvalue weighted by molar-refractivity contribution is 7.12. The lowest BCUT2D eigenvalue weighted by molar-refractivity contribution is -0.137. The Bertz CT molecular complexity index is 1060. The van der Waals surface area contributed by atoms with E-state index in [0.717, 1.165) is 17.7 Å². The van der Waals surface area contributed by atoms with Gasteiger partial charge in [-0.05, 0) is 42.1 Å². The lowest BCUT2D eigenvalue weighted by Crippen LogP contribution is -2.61. The zero-order chi connectivity index (χ0) is 24.2. The van der Waals surface area contributed by atoms with Crippen molar-refractivity contribution >= 4 is 28.8 Å². The van der Waals surface area contributed by atoms with Crippen LogP contribution in [0.5, 0.6) is 0 Å². The van der Waals surface area contributed by atoms with Crippen molar-refractivity contribution in [2.45, 2.75) is 19.1 Å². The number of hydrogen-bond donors (Lipinski definition) is 1. The number of amides is 2. The minimum absolute atomic E-state index is 0.0121. The molecule has 0 spiro atoms. The van der Waals surface area contributed by atoms with Gasteiger partial charge in [0.15, 0.2) is 0 Å². The summed E-state index contributed by atoms with van der Waals surface area (Å²) in [5.41, 5.74) is -0.471. The Morgan fingerprint density at radius 1 is 1.30 bits per heavy atom. The van der Waals surface area contributed by atoms with Gasteiger partial charge in [-0.3, -0.25) is 9.59 Å². The Hall–Kier alpha value is -3.10. The molecular formula is C22H23F3N4O3S. The van der Waals surface area contributed by atoms with Gasteiger partial charge in [0.25, 0.3) is 5.91 Å². The summed E-state index contributed by atoms with van der Waals surface area (Å²) in [7, 11) is 1.49. The quantitative estimate of drug-likeness (QED) is 0.643. The molecule has 2 aromatic rings. The summed E-state index contributed by atoms with van der Waals surface area (Å²) in [4.78, 5) is 29.7. The third kappa shape index (κ3) is 5.46. The molecule has 1 atom stereocenters. The number of nitrogens with one attached hydrogen (secondary N) is 1. The molecule has 3 rings (SSSR count). The number of methoxy groups -OCH3 is 1. The van der Waals surface area contributed by atoms with E-state index in [0.29, 0.717) is 4.88 Å². The van der Waals surface area contributed by atoms with Gasteiger partial charge in [-0.15, -0.1) is 11.3 Å². The van der Waals surface area contributed by atoms with Gasteiger partial charge in [0, 0.05) is 39.0 Å². The highest BCUT2D eigenvalue weighted by atomic mass is 32.1. The van der Waals surface area contributed by atoms with Crippen LogP contribution in [0.1, 0.15) is 26.4 Å². The van der Waals surface area contributed by atoms with Crippen LogP contribution < -0.4 is 10.2 Å². The molecule has 176 valence electrons. The first kappa shape index (κ1) is 24.5. The fourth-order valence-corrected chi connectivity index (χ4v) is 4.54. The predicted octanol–water partition coefficient (Wildman–Crippen LogP) is 3.04. The molecule has 1 aromatic carbocycles. The lowest BCUT2D eigenvalue weighted by Gasteiger charge is -2.41. The first-order chi connectivity index (χ1) is 15.7. The maximum atomic E-state index is 13.4. The monoisotopic (exact) mass is 480 g/mol. The van der Waals surface area contributed by atoms with Crippen molar-refractivity contribution in [2.75, 3.05) is 44.8 Å². The summed E-state index contributed by atoms with van der Waals surface area (Å²) >= 11 is 1.28. The number of halogens is 3. The Labute approximate surface area is 193 Å². The van der Waals surface area contributed by atoms with E-state index in [1.165, 1.54) is 29.4 Å². The van der Waals surface area contributed by atoms with Crippen molar-refractivity contribution in [1.29, 1.82) is 5.26 Å². The molecule has 0 radical (unpaired) electrons. The highest BCUT2D eigenvalue weighted by Crippen LogP contribution is 2.35. The summed E-state index contributed by atoms with van der Waals surface area (Å²) in [6.45, 7) is 2.73. The molecule has 33 heavy (non-hydrogen) atoms. The molecule has 0 saturated carbocycles. The fraction of sp³-hybridized carbons (Fsp3) is 0.409. The number of carbonyl (C=O) groups excluding carboxylic acids is 2. The molecule has 0 bridgehead atoms. The van der Waals surface area contributed by atoms with Gasteiger partial charge in [-0.25, -0.2) is 0 Å². The number of carbonyl (C=O) groups is 2. The van der Waals surface area contributed by atoms with Gasteiger partial charge < -0.3 is 19.9 Å². The number of ether oxygens (including phenoxy) is 1. The van der Waals surface area contributed by atoms with E-state index in [2.05, 4.69) is 5.32 Å². The first-order valence-corrected chi connectivity index (χ1v) is 11.0. The van der Waals surface area contributed by atoms with Crippen LogP contribution in [0.2, 0.25) is 0 Å². The second kappa shape index (κ2) is 10.2. The van der Waals surface area contributed by atoms with Gasteiger partial charge in [-0.2, -0.15) is 18.4 Å². The van der Waals surface area contributed by atoms with E-state index in [9.17, 15) is 22.8 Å². The zero-order valence-corrected chi connectivity index (χ0v) is 18.9. The van der Waals surface area contributed by atoms with E-state index in [4.69, 9.17) is 10.00 Å². The molecular weight excluding hydrogens is 457 g/mol. The standard InChI is InChI=1S/C22H23F3N4O3S/c1-14-5-10-33-19(14)21(31)29-8-7-28(13-18(29)20(30)27-6-9-32-2)16-4-3-15(12-26)17(11-16)22(23,24)25/h3-5,10-11,18H,6-9,13H2,1-2H3,(H,27,30). The number of benzene rings is 1. The molecule has 1 aromatic heterocycles. The molecule has 11 heteroatoms. The van der Waals surface area contributed by atoms with Gasteiger partial charge >= 0.3 is 6.18 Å². The lowest BCUT2D eigenvalue weighted by atomic mass is 10.0. The summed E-state index contributed by atoms with van der Waals surface area (Å²) < 4.78 is 45.2. The van der Waals surface area contributed by atoms with Gasteiger partial charge in [0.2, 0.25) is 5.91 Å². The molecule has 2 amide bonds. The van der Waals surface area contributed by atoms with Crippen molar-refractivity contribution in [1.82, 2.24) is 10.2 Å². The number of alkyl halides is 3. The molecule has 1 unspecified atom stereocenters. The third-order valence-electron chi connectivity index (χ3n) is 5.40. The van der Waals surface area contributed by atoms with Crippen LogP contribution in [0.25, 0.3) is 0 Å². The van der Waals surface area contributed by atoms with Crippen LogP contribution in [0.4, 0.5) is 18.9 Å². The molecule has 1 aliphatic rings. The number of piperazine rings is 1. The number of nitriles is 1. The van der Waals surface area contributed by atoms with Gasteiger partial charge in [-0.1, -0.05) is 0 Å². The minimum Gasteiger partial charge on any atom is -0.383 e. The van der Waals surface area contributed by atoms with E-state index < -0.39 is 29.3 Å². The fourth-order valence-electron chi connectivity index (χ4n) is 3.66. The average molecular weight is 481 g/mol. The molecule has 1 saturated heterocycles. The summed E-state index contributed by atoms with van der Waals surface area (Å²) in [6, 6.07) is 5.94. The Kier molecular flexibility index (Phi) is 7.61. The molecule has 1 N–H and O–H groups in total. The number of anilines is 1. The summed E-state index contributed by atoms with van der Waals surface area (Å²) in [6.07, 6.45) is -4.69. The minimum atomic E-state index is -4.69. The van der Waals surface area contributed by atoms with E-state index in [-0.39, 0.29) is 44.4 Å². The maximum absolute atomic E-state index is 13.4. The van der Waals surface area contributed by atoms with Crippen molar-refractivity contribution < 1.29 is 27.5 Å². The molecule has 7 nitrogen and oxygen atoms in total. The van der Waals surface area contributed by atoms with Crippen LogP contribution in [-0.2, 0) is 15.7 Å². The van der Waals surface area contributed by atoms with E-state index in [1.54, 1.807) is 16.3 Å². The smallest absolute Gasteiger partial charge is 0.383 e. The van der Waals surface area contributed by atoms with E-state index in [1.807, 2.05) is 13.0 Å². The van der Waals surface area contributed by atoms with Crippen molar-refractivity contribution in [3.63, 3.8) is 0 Å². The van der Waals surface area contributed by atoms with Crippen molar-refractivity contribution in [3.05, 3.63) is 51.2 Å². The SMILES string of the molecule is COCCNC(=O)C1CN(c2ccc(C#N)c(C(F)(F)F)c2)CCN1C(=O)c1sccc1C. The topological polar surface area (TPSA) is 85.7 Å². The number of hydrogen-bond acceptors (Lipinski definition) is 6. The van der Waals surface area contributed by atoms with Crippen LogP contribution in [-0.4, -0.2) is 62.7 Å². The zero-order valence-electron chi connectivity index (χ0n) is 18.1. The average Bonchev–Trinajstić information content (AvgIpc) is 3.23. The van der Waals surface area contributed by atoms with Crippen LogP contribution >= 0.6 is 11.3 Å². The molecule has 0 aliphatic carbocycles. The number of aryl methyl sites for hydroxylation is 1. The Morgan fingerprint density at radius 2 is 2.06 bits per heavy atom. The maximum Gasteiger partial charge on any atom is 0.417 e. The van der Waals surface area contributed by atoms with Crippen LogP contribution in [0.15, 0.2) is 29.6 Å². The summed E-state index contributed by atoms with van der Waals surface area (Å²) in [5.74, 6) is -0.700. The second-order valence-electron chi connectivity index (χ2n) is 7.52. The van der Waals surface area contributed by atoms with Crippen LogP contribution in [0.3, 0.4) is 0 Å². The highest BCUT2D eigenvalue weighted by Gasteiger charge is 2.38. The largest absolute Gasteiger partial charge is 0.417 e. The number of thiophene rings is 1. The predicted molar refractivity (Wildman–Crippen MR) is 117 cm³/mol. The number of rotatable bonds is 6. The van der Waals surface area contributed by atoms with Crippen LogP contribution in [0, 0.1) is 18.3 Å². The van der Waals surface area contributed by atoms with Gasteiger partial charge in [0.1, 0.15) is 6.04 Å². The van der Waals surface area contributed by atoms with Crippen molar-refractivity contribution in [3.8, 4) is 6.07 Å². The Balaban J connectivity index is 1.90. The van der Waals surface area contributed by atoms with Crippen molar-refractivity contribution in [2.24, 2.45) is 0 Å². The third-order valence-corrected chi connectivity index (χ3v) is 6.40. The summed E-state index contributed by atoms with van der Waals surface area (Å²) in [5, 5.41) is 13.6. The molecule has 1 aliphatic heterocycles. The number of nitrogens with zero attached hydrogens (tertiary/aromatic N) is 3. The van der Waals surface area contributed by atoms with Gasteiger partial charge in [0.05, 0.1) is 28.7 Å².